The summed E-state index contributed by atoms with van der Waals surface area (Å²) < 4.78 is 32.7. The predicted octanol–water partition coefficient (Wildman–Crippen LogP) is 5.38. The topological polar surface area (TPSA) is 94.0 Å². The van der Waals surface area contributed by atoms with Gasteiger partial charge in [0.1, 0.15) is 6.54 Å². The molecule has 8 nitrogen and oxygen atoms in total. The normalized spacial score (nSPS) is 15.9. The number of anilines is 2. The largest absolute Gasteiger partial charge is 0.490 e. The number of carbonyl (C=O) groups is 3. The van der Waals surface area contributed by atoms with Crippen LogP contribution in [0.15, 0.2) is 77.5 Å². The number of hydrogen-bond donors (Lipinski definition) is 1. The Hall–Kier alpha value is -3.93. The predicted molar refractivity (Wildman–Crippen MR) is 151 cm³/mol. The molecular weight excluding hydrogens is 605 g/mol. The Morgan fingerprint density at radius 2 is 1.56 bits per heavy atom. The van der Waals surface area contributed by atoms with Gasteiger partial charge in [0.2, 0.25) is 5.91 Å². The van der Waals surface area contributed by atoms with Gasteiger partial charge in [0.05, 0.1) is 0 Å². The number of aliphatic carboxylic acids is 1. The Morgan fingerprint density at radius 3 is 2.17 bits per heavy atom. The van der Waals surface area contributed by atoms with Crippen LogP contribution in [0.2, 0.25) is 0 Å². The third-order valence-electron chi connectivity index (χ3n) is 6.97. The summed E-state index contributed by atoms with van der Waals surface area (Å²) in [7, 11) is 0. The van der Waals surface area contributed by atoms with E-state index in [9.17, 15) is 22.8 Å². The summed E-state index contributed by atoms with van der Waals surface area (Å²) >= 11 is 3.41. The van der Waals surface area contributed by atoms with Crippen molar-refractivity contribution in [3.05, 3.63) is 88.7 Å². The number of rotatable bonds is 4. The molecular formula is C29H28BrF3N4O4. The molecule has 1 aromatic heterocycles. The molecule has 0 spiro atoms. The van der Waals surface area contributed by atoms with Crippen molar-refractivity contribution in [2.75, 3.05) is 36.0 Å². The van der Waals surface area contributed by atoms with Gasteiger partial charge in [-0.25, -0.2) is 4.79 Å². The molecule has 1 saturated heterocycles. The van der Waals surface area contributed by atoms with E-state index in [0.29, 0.717) is 24.6 Å². The van der Waals surface area contributed by atoms with Crippen molar-refractivity contribution in [2.24, 2.45) is 5.92 Å². The molecule has 0 unspecified atom stereocenters. The van der Waals surface area contributed by atoms with Gasteiger partial charge in [-0.15, -0.1) is 0 Å². The van der Waals surface area contributed by atoms with Gasteiger partial charge in [-0.1, -0.05) is 34.1 Å². The van der Waals surface area contributed by atoms with Crippen LogP contribution in [0.3, 0.4) is 0 Å². The molecule has 1 N–H and O–H groups in total. The first-order valence-corrected chi connectivity index (χ1v) is 13.7. The Balaban J connectivity index is 0.000000493. The van der Waals surface area contributed by atoms with E-state index in [1.807, 2.05) is 65.8 Å². The fourth-order valence-electron chi connectivity index (χ4n) is 4.86. The quantitative estimate of drug-likeness (QED) is 0.415. The lowest BCUT2D eigenvalue weighted by Crippen LogP contribution is -2.44. The molecule has 0 radical (unpaired) electrons. The van der Waals surface area contributed by atoms with Gasteiger partial charge >= 0.3 is 12.1 Å². The lowest BCUT2D eigenvalue weighted by atomic mass is 9.95. The average Bonchev–Trinajstić information content (AvgIpc) is 3.10. The second-order valence-electron chi connectivity index (χ2n) is 9.74. The molecule has 5 rings (SSSR count). The molecule has 3 heterocycles. The summed E-state index contributed by atoms with van der Waals surface area (Å²) in [5.74, 6) is -2.48. The SMILES string of the molecule is O=C(O)C(F)(F)F.O=C(c1ccc(Br)cc1)N1CC(=O)N(CC2CCN(c3ccncc3)CC2)c2ccccc2C1. The van der Waals surface area contributed by atoms with E-state index < -0.39 is 12.1 Å². The van der Waals surface area contributed by atoms with Crippen molar-refractivity contribution in [3.8, 4) is 0 Å². The molecule has 0 bridgehead atoms. The highest BCUT2D eigenvalue weighted by atomic mass is 79.9. The van der Waals surface area contributed by atoms with Crippen LogP contribution in [0.5, 0.6) is 0 Å². The Kier molecular flexibility index (Phi) is 9.64. The van der Waals surface area contributed by atoms with Crippen molar-refractivity contribution >= 4 is 45.1 Å². The van der Waals surface area contributed by atoms with Crippen LogP contribution in [0, 0.1) is 5.92 Å². The minimum Gasteiger partial charge on any atom is -0.475 e. The third kappa shape index (κ3) is 7.84. The average molecular weight is 633 g/mol. The fraction of sp³-hybridized carbons (Fsp3) is 0.310. The van der Waals surface area contributed by atoms with Crippen LogP contribution < -0.4 is 9.80 Å². The van der Waals surface area contributed by atoms with Crippen LogP contribution in [-0.4, -0.2) is 65.1 Å². The highest BCUT2D eigenvalue weighted by Gasteiger charge is 2.38. The zero-order valence-electron chi connectivity index (χ0n) is 21.9. The molecule has 3 aromatic rings. The van der Waals surface area contributed by atoms with E-state index in [1.54, 1.807) is 17.0 Å². The minimum atomic E-state index is -5.08. The molecule has 12 heteroatoms. The maximum atomic E-state index is 13.4. The Morgan fingerprint density at radius 1 is 0.951 bits per heavy atom. The molecule has 2 aliphatic rings. The number of alkyl halides is 3. The summed E-state index contributed by atoms with van der Waals surface area (Å²) in [6.45, 7) is 3.12. The maximum absolute atomic E-state index is 13.4. The number of fused-ring (bicyclic) bond motifs is 1. The summed E-state index contributed by atoms with van der Waals surface area (Å²) in [6.07, 6.45) is 0.622. The van der Waals surface area contributed by atoms with Gasteiger partial charge in [-0.2, -0.15) is 13.2 Å². The Bertz CT molecular complexity index is 1360. The zero-order valence-corrected chi connectivity index (χ0v) is 23.5. The van der Waals surface area contributed by atoms with Crippen molar-refractivity contribution in [1.29, 1.82) is 0 Å². The fourth-order valence-corrected chi connectivity index (χ4v) is 5.12. The number of para-hydroxylation sites is 1. The number of hydrogen-bond acceptors (Lipinski definition) is 5. The van der Waals surface area contributed by atoms with Gasteiger partial charge in [0.15, 0.2) is 0 Å². The number of halogens is 4. The molecule has 2 aromatic carbocycles. The highest BCUT2D eigenvalue weighted by molar-refractivity contribution is 9.10. The van der Waals surface area contributed by atoms with Gasteiger partial charge in [-0.3, -0.25) is 14.6 Å². The molecule has 2 aliphatic heterocycles. The maximum Gasteiger partial charge on any atom is 0.490 e. The minimum absolute atomic E-state index is 0.0213. The monoisotopic (exact) mass is 632 g/mol. The molecule has 0 saturated carbocycles. The van der Waals surface area contributed by atoms with E-state index in [4.69, 9.17) is 9.90 Å². The van der Waals surface area contributed by atoms with E-state index in [1.165, 1.54) is 5.69 Å². The smallest absolute Gasteiger partial charge is 0.475 e. The number of carboxylic acids is 1. The molecule has 2 amide bonds. The van der Waals surface area contributed by atoms with E-state index in [0.717, 1.165) is 41.7 Å². The number of amides is 2. The van der Waals surface area contributed by atoms with Crippen molar-refractivity contribution < 1.29 is 32.7 Å². The second kappa shape index (κ2) is 13.2. The number of pyridine rings is 1. The first-order valence-electron chi connectivity index (χ1n) is 12.9. The molecule has 0 aliphatic carbocycles. The standard InChI is InChI=1S/C27H27BrN4O2.C2HF3O2/c28-23-7-5-21(6-8-23)27(34)31-18-22-3-1-2-4-25(22)32(26(33)19-31)17-20-11-15-30(16-12-20)24-9-13-29-14-10-24;3-2(4,5)1(6)7/h1-10,13-14,20H,11-12,15-19H2;(H,6,7). The third-order valence-corrected chi connectivity index (χ3v) is 7.50. The number of piperidine rings is 1. The lowest BCUT2D eigenvalue weighted by molar-refractivity contribution is -0.192. The summed E-state index contributed by atoms with van der Waals surface area (Å²) in [5, 5.41) is 7.12. The second-order valence-corrected chi connectivity index (χ2v) is 10.7. The number of aromatic nitrogens is 1. The lowest BCUT2D eigenvalue weighted by Gasteiger charge is -2.36. The molecule has 1 fully saturated rings. The van der Waals surface area contributed by atoms with Crippen LogP contribution in [0.4, 0.5) is 24.5 Å². The van der Waals surface area contributed by atoms with E-state index >= 15 is 0 Å². The van der Waals surface area contributed by atoms with Crippen LogP contribution in [-0.2, 0) is 16.1 Å². The zero-order chi connectivity index (χ0) is 29.6. The van der Waals surface area contributed by atoms with Crippen molar-refractivity contribution in [3.63, 3.8) is 0 Å². The first-order chi connectivity index (χ1) is 19.5. The number of nitrogens with zero attached hydrogens (tertiary/aromatic N) is 4. The molecule has 216 valence electrons. The molecule has 0 atom stereocenters. The van der Waals surface area contributed by atoms with Crippen molar-refractivity contribution in [1.82, 2.24) is 9.88 Å². The summed E-state index contributed by atoms with van der Waals surface area (Å²) in [4.78, 5) is 45.6. The number of carboxylic acid groups (broad SMARTS) is 1. The van der Waals surface area contributed by atoms with Crippen LogP contribution >= 0.6 is 15.9 Å². The van der Waals surface area contributed by atoms with E-state index in [2.05, 4.69) is 25.8 Å². The van der Waals surface area contributed by atoms with Crippen LogP contribution in [0.25, 0.3) is 0 Å². The first kappa shape index (κ1) is 30.0. The summed E-state index contributed by atoms with van der Waals surface area (Å²) in [6, 6.07) is 19.4. The van der Waals surface area contributed by atoms with E-state index in [-0.39, 0.29) is 18.4 Å². The van der Waals surface area contributed by atoms with Gasteiger partial charge in [-0.05, 0) is 66.8 Å². The van der Waals surface area contributed by atoms with Crippen molar-refractivity contribution in [2.45, 2.75) is 25.6 Å². The molecule has 41 heavy (non-hydrogen) atoms. The van der Waals surface area contributed by atoms with Crippen LogP contribution in [0.1, 0.15) is 28.8 Å². The Labute approximate surface area is 243 Å². The van der Waals surface area contributed by atoms with Gasteiger partial charge in [0.25, 0.3) is 5.91 Å². The highest BCUT2D eigenvalue weighted by Crippen LogP contribution is 2.30. The number of benzene rings is 2. The van der Waals surface area contributed by atoms with Gasteiger partial charge in [0, 0.05) is 60.0 Å². The van der Waals surface area contributed by atoms with Gasteiger partial charge < -0.3 is 19.8 Å². The number of carbonyl (C=O) groups excluding carboxylic acids is 2. The summed E-state index contributed by atoms with van der Waals surface area (Å²) in [5.41, 5.74) is 3.72.